The SMILES string of the molecule is COc1cccc2cc(C(=O)N[C@H](C)Cc3c(C)nn(C)c3C)c(C)nc12. The van der Waals surface area contributed by atoms with Gasteiger partial charge in [0, 0.05) is 24.2 Å². The molecule has 0 saturated heterocycles. The molecule has 0 bridgehead atoms. The van der Waals surface area contributed by atoms with E-state index in [1.807, 2.05) is 56.8 Å². The van der Waals surface area contributed by atoms with Crippen LogP contribution in [0.5, 0.6) is 5.75 Å². The Morgan fingerprint density at radius 3 is 2.63 bits per heavy atom. The number of carbonyl (C=O) groups is 1. The summed E-state index contributed by atoms with van der Waals surface area (Å²) in [6, 6.07) is 7.57. The molecule has 142 valence electrons. The lowest BCUT2D eigenvalue weighted by molar-refractivity contribution is 0.0939. The maximum Gasteiger partial charge on any atom is 0.253 e. The van der Waals surface area contributed by atoms with Gasteiger partial charge in [0.2, 0.25) is 0 Å². The largest absolute Gasteiger partial charge is 0.494 e. The van der Waals surface area contributed by atoms with Crippen LogP contribution in [-0.4, -0.2) is 33.8 Å². The van der Waals surface area contributed by atoms with E-state index in [2.05, 4.69) is 22.3 Å². The van der Waals surface area contributed by atoms with Gasteiger partial charge in [-0.25, -0.2) is 4.98 Å². The number of para-hydroxylation sites is 1. The number of aromatic nitrogens is 3. The van der Waals surface area contributed by atoms with Crippen molar-refractivity contribution in [3.8, 4) is 5.75 Å². The normalized spacial score (nSPS) is 12.2. The van der Waals surface area contributed by atoms with Crippen LogP contribution < -0.4 is 10.1 Å². The van der Waals surface area contributed by atoms with E-state index in [4.69, 9.17) is 4.74 Å². The van der Waals surface area contributed by atoms with Crippen molar-refractivity contribution in [1.29, 1.82) is 0 Å². The third-order valence-electron chi connectivity index (χ3n) is 5.01. The molecule has 0 spiro atoms. The fourth-order valence-corrected chi connectivity index (χ4v) is 3.43. The minimum Gasteiger partial charge on any atom is -0.494 e. The van der Waals surface area contributed by atoms with E-state index < -0.39 is 0 Å². The van der Waals surface area contributed by atoms with E-state index in [-0.39, 0.29) is 11.9 Å². The molecule has 0 unspecified atom stereocenters. The Kier molecular flexibility index (Phi) is 5.17. The summed E-state index contributed by atoms with van der Waals surface area (Å²) < 4.78 is 7.25. The van der Waals surface area contributed by atoms with Crippen LogP contribution in [0.3, 0.4) is 0 Å². The van der Waals surface area contributed by atoms with Gasteiger partial charge in [-0.05, 0) is 51.8 Å². The Bertz CT molecular complexity index is 1010. The molecule has 0 aliphatic rings. The zero-order valence-electron chi connectivity index (χ0n) is 16.8. The van der Waals surface area contributed by atoms with Gasteiger partial charge in [-0.2, -0.15) is 5.10 Å². The van der Waals surface area contributed by atoms with E-state index in [9.17, 15) is 4.79 Å². The van der Waals surface area contributed by atoms with Crippen molar-refractivity contribution in [2.24, 2.45) is 7.05 Å². The van der Waals surface area contributed by atoms with Crippen LogP contribution >= 0.6 is 0 Å². The Hall–Kier alpha value is -2.89. The van der Waals surface area contributed by atoms with E-state index in [1.165, 1.54) is 5.56 Å². The Balaban J connectivity index is 1.82. The number of ether oxygens (including phenoxy) is 1. The van der Waals surface area contributed by atoms with Crippen LogP contribution in [0.2, 0.25) is 0 Å². The summed E-state index contributed by atoms with van der Waals surface area (Å²) in [5.74, 6) is 0.592. The number of amides is 1. The number of aryl methyl sites for hydroxylation is 3. The first-order valence-electron chi connectivity index (χ1n) is 9.06. The summed E-state index contributed by atoms with van der Waals surface area (Å²) in [7, 11) is 3.56. The van der Waals surface area contributed by atoms with Gasteiger partial charge in [0.25, 0.3) is 5.91 Å². The predicted molar refractivity (Wildman–Crippen MR) is 106 cm³/mol. The molecular formula is C21H26N4O2. The predicted octanol–water partition coefficient (Wildman–Crippen LogP) is 3.26. The van der Waals surface area contributed by atoms with E-state index >= 15 is 0 Å². The molecule has 3 aromatic rings. The first kappa shape index (κ1) is 18.9. The number of nitrogens with zero attached hydrogens (tertiary/aromatic N) is 3. The smallest absolute Gasteiger partial charge is 0.253 e. The molecular weight excluding hydrogens is 340 g/mol. The molecule has 2 aromatic heterocycles. The van der Waals surface area contributed by atoms with Crippen LogP contribution in [-0.2, 0) is 13.5 Å². The number of hydrogen-bond donors (Lipinski definition) is 1. The molecule has 0 aliphatic heterocycles. The first-order valence-corrected chi connectivity index (χ1v) is 9.06. The second-order valence-corrected chi connectivity index (χ2v) is 7.00. The Morgan fingerprint density at radius 2 is 2.00 bits per heavy atom. The highest BCUT2D eigenvalue weighted by molar-refractivity contribution is 5.99. The van der Waals surface area contributed by atoms with Gasteiger partial charge in [-0.1, -0.05) is 12.1 Å². The third kappa shape index (κ3) is 3.65. The van der Waals surface area contributed by atoms with Crippen molar-refractivity contribution < 1.29 is 9.53 Å². The van der Waals surface area contributed by atoms with E-state index in [1.54, 1.807) is 7.11 Å². The number of pyridine rings is 1. The summed E-state index contributed by atoms with van der Waals surface area (Å²) in [4.78, 5) is 17.4. The van der Waals surface area contributed by atoms with Gasteiger partial charge in [0.15, 0.2) is 0 Å². The lowest BCUT2D eigenvalue weighted by Crippen LogP contribution is -2.34. The molecule has 2 heterocycles. The maximum atomic E-state index is 12.8. The number of carbonyl (C=O) groups excluding carboxylic acids is 1. The number of methoxy groups -OCH3 is 1. The molecule has 0 radical (unpaired) electrons. The molecule has 27 heavy (non-hydrogen) atoms. The maximum absolute atomic E-state index is 12.8. The zero-order valence-corrected chi connectivity index (χ0v) is 16.8. The van der Waals surface area contributed by atoms with Crippen LogP contribution in [0.1, 0.15) is 39.9 Å². The van der Waals surface area contributed by atoms with Gasteiger partial charge in [0.05, 0.1) is 24.1 Å². The van der Waals surface area contributed by atoms with Gasteiger partial charge < -0.3 is 10.1 Å². The molecule has 1 N–H and O–H groups in total. The Morgan fingerprint density at radius 1 is 1.26 bits per heavy atom. The molecule has 1 amide bonds. The Labute approximate surface area is 159 Å². The number of fused-ring (bicyclic) bond motifs is 1. The lowest BCUT2D eigenvalue weighted by Gasteiger charge is -2.16. The monoisotopic (exact) mass is 366 g/mol. The molecule has 3 rings (SSSR count). The van der Waals surface area contributed by atoms with Crippen molar-refractivity contribution >= 4 is 16.8 Å². The average molecular weight is 366 g/mol. The van der Waals surface area contributed by atoms with Crippen molar-refractivity contribution in [2.75, 3.05) is 7.11 Å². The highest BCUT2D eigenvalue weighted by Crippen LogP contribution is 2.25. The van der Waals surface area contributed by atoms with E-state index in [0.717, 1.165) is 28.7 Å². The highest BCUT2D eigenvalue weighted by atomic mass is 16.5. The molecule has 0 saturated carbocycles. The van der Waals surface area contributed by atoms with Gasteiger partial charge >= 0.3 is 0 Å². The minimum atomic E-state index is -0.114. The van der Waals surface area contributed by atoms with Crippen LogP contribution in [0.15, 0.2) is 24.3 Å². The van der Waals surface area contributed by atoms with Gasteiger partial charge in [-0.3, -0.25) is 9.48 Å². The molecule has 1 atom stereocenters. The van der Waals surface area contributed by atoms with Crippen molar-refractivity contribution in [2.45, 2.75) is 40.2 Å². The number of hydrogen-bond acceptors (Lipinski definition) is 4. The third-order valence-corrected chi connectivity index (χ3v) is 5.01. The standard InChI is InChI=1S/C21H26N4O2/c1-12(10-17-14(3)24-25(5)15(17)4)22-21(26)18-11-16-8-7-9-19(27-6)20(16)23-13(18)2/h7-9,11-12H,10H2,1-6H3,(H,22,26)/t12-/m1/s1. The van der Waals surface area contributed by atoms with Crippen LogP contribution in [0.4, 0.5) is 0 Å². The fraction of sp³-hybridized carbons (Fsp3) is 0.381. The second-order valence-electron chi connectivity index (χ2n) is 7.00. The fourth-order valence-electron chi connectivity index (χ4n) is 3.43. The molecule has 1 aromatic carbocycles. The van der Waals surface area contributed by atoms with Crippen LogP contribution in [0, 0.1) is 20.8 Å². The van der Waals surface area contributed by atoms with Crippen molar-refractivity contribution in [3.63, 3.8) is 0 Å². The topological polar surface area (TPSA) is 69.0 Å². The zero-order chi connectivity index (χ0) is 19.7. The summed E-state index contributed by atoms with van der Waals surface area (Å²) in [5.41, 5.74) is 5.36. The highest BCUT2D eigenvalue weighted by Gasteiger charge is 2.18. The quantitative estimate of drug-likeness (QED) is 0.752. The lowest BCUT2D eigenvalue weighted by atomic mass is 10.0. The summed E-state index contributed by atoms with van der Waals surface area (Å²) in [6.07, 6.45) is 0.741. The van der Waals surface area contributed by atoms with Crippen LogP contribution in [0.25, 0.3) is 10.9 Å². The van der Waals surface area contributed by atoms with Crippen molar-refractivity contribution in [3.05, 3.63) is 52.5 Å². The molecule has 0 fully saturated rings. The molecule has 6 nitrogen and oxygen atoms in total. The summed E-state index contributed by atoms with van der Waals surface area (Å²) in [5, 5.41) is 8.43. The number of benzene rings is 1. The number of rotatable bonds is 5. The number of nitrogens with one attached hydrogen (secondary N) is 1. The van der Waals surface area contributed by atoms with Crippen molar-refractivity contribution in [1.82, 2.24) is 20.1 Å². The second kappa shape index (κ2) is 7.39. The summed E-state index contributed by atoms with van der Waals surface area (Å²) in [6.45, 7) is 7.91. The van der Waals surface area contributed by atoms with E-state index in [0.29, 0.717) is 17.0 Å². The minimum absolute atomic E-state index is 0.0143. The molecule has 6 heteroatoms. The van der Waals surface area contributed by atoms with Gasteiger partial charge in [-0.15, -0.1) is 0 Å². The first-order chi connectivity index (χ1) is 12.8. The average Bonchev–Trinajstić information content (AvgIpc) is 2.86. The van der Waals surface area contributed by atoms with Gasteiger partial charge in [0.1, 0.15) is 11.3 Å². The summed E-state index contributed by atoms with van der Waals surface area (Å²) >= 11 is 0. The molecule has 0 aliphatic carbocycles.